The number of carbonyl (C=O) groups is 1. The Morgan fingerprint density at radius 3 is 2.39 bits per heavy atom. The van der Waals surface area contributed by atoms with Gasteiger partial charge >= 0.3 is 0 Å². The first-order valence-corrected chi connectivity index (χ1v) is 7.26. The fraction of sp³-hybridized carbons (Fsp3) is 0.111. The lowest BCUT2D eigenvalue weighted by atomic mass is 10.00. The highest BCUT2D eigenvalue weighted by Gasteiger charge is 2.27. The highest BCUT2D eigenvalue weighted by Crippen LogP contribution is 2.31. The lowest BCUT2D eigenvalue weighted by molar-refractivity contribution is 0.0929. The van der Waals surface area contributed by atoms with Crippen LogP contribution >= 0.6 is 0 Å². The van der Waals surface area contributed by atoms with Crippen molar-refractivity contribution in [1.82, 2.24) is 4.57 Å². The summed E-state index contributed by atoms with van der Waals surface area (Å²) in [5.74, 6) is -0.219. The van der Waals surface area contributed by atoms with E-state index in [9.17, 15) is 14.0 Å². The number of Topliss-reactive ketones (excluding diaryl/α,β-unsaturated/α-hetero) is 1. The van der Waals surface area contributed by atoms with E-state index in [1.165, 1.54) is 28.8 Å². The Labute approximate surface area is 130 Å². The van der Waals surface area contributed by atoms with Crippen LogP contribution in [0.5, 0.6) is 5.88 Å². The topological polar surface area (TPSA) is 48.3 Å². The lowest BCUT2D eigenvalue weighted by Gasteiger charge is -2.22. The fourth-order valence-electron chi connectivity index (χ4n) is 2.92. The van der Waals surface area contributed by atoms with E-state index < -0.39 is 5.82 Å². The quantitative estimate of drug-likeness (QED) is 0.694. The molecule has 1 aromatic heterocycles. The average molecular weight is 309 g/mol. The third-order valence-electron chi connectivity index (χ3n) is 3.98. The SMILES string of the molecule is O=C1CCOc2c1c1ccccc1c(=O)n2-c1ccc(F)cc1. The Morgan fingerprint density at radius 2 is 1.65 bits per heavy atom. The summed E-state index contributed by atoms with van der Waals surface area (Å²) in [6, 6.07) is 12.5. The van der Waals surface area contributed by atoms with Crippen molar-refractivity contribution in [2.45, 2.75) is 6.42 Å². The van der Waals surface area contributed by atoms with Crippen LogP contribution in [0.2, 0.25) is 0 Å². The third kappa shape index (κ3) is 2.04. The van der Waals surface area contributed by atoms with Crippen molar-refractivity contribution in [2.75, 3.05) is 6.61 Å². The third-order valence-corrected chi connectivity index (χ3v) is 3.98. The van der Waals surface area contributed by atoms with E-state index in [1.807, 2.05) is 0 Å². The molecule has 0 aliphatic carbocycles. The summed E-state index contributed by atoms with van der Waals surface area (Å²) in [4.78, 5) is 25.3. The molecule has 23 heavy (non-hydrogen) atoms. The van der Waals surface area contributed by atoms with Crippen LogP contribution in [0.15, 0.2) is 53.3 Å². The molecule has 0 saturated heterocycles. The van der Waals surface area contributed by atoms with Gasteiger partial charge in [0.05, 0.1) is 17.9 Å². The summed E-state index contributed by atoms with van der Waals surface area (Å²) in [5.41, 5.74) is 0.588. The van der Waals surface area contributed by atoms with Gasteiger partial charge in [-0.05, 0) is 30.3 Å². The molecule has 4 rings (SSSR count). The van der Waals surface area contributed by atoms with Gasteiger partial charge in [0, 0.05) is 17.2 Å². The first-order valence-electron chi connectivity index (χ1n) is 7.26. The zero-order chi connectivity index (χ0) is 16.0. The molecular weight excluding hydrogens is 297 g/mol. The average Bonchev–Trinajstić information content (AvgIpc) is 2.57. The van der Waals surface area contributed by atoms with Crippen LogP contribution in [-0.4, -0.2) is 17.0 Å². The van der Waals surface area contributed by atoms with E-state index in [1.54, 1.807) is 24.3 Å². The maximum absolute atomic E-state index is 13.2. The molecule has 1 aliphatic rings. The number of halogens is 1. The van der Waals surface area contributed by atoms with Gasteiger partial charge in [0.1, 0.15) is 5.82 Å². The van der Waals surface area contributed by atoms with E-state index in [-0.39, 0.29) is 30.3 Å². The second-order valence-corrected chi connectivity index (χ2v) is 5.36. The van der Waals surface area contributed by atoms with Crippen molar-refractivity contribution in [3.05, 3.63) is 70.3 Å². The number of carbonyl (C=O) groups excluding carboxylic acids is 1. The van der Waals surface area contributed by atoms with Crippen molar-refractivity contribution < 1.29 is 13.9 Å². The van der Waals surface area contributed by atoms with Crippen molar-refractivity contribution in [2.24, 2.45) is 0 Å². The van der Waals surface area contributed by atoms with Crippen LogP contribution in [0.3, 0.4) is 0 Å². The van der Waals surface area contributed by atoms with Gasteiger partial charge in [0.2, 0.25) is 5.88 Å². The molecule has 5 heteroatoms. The zero-order valence-corrected chi connectivity index (χ0v) is 12.1. The minimum absolute atomic E-state index is 0.0571. The monoisotopic (exact) mass is 309 g/mol. The van der Waals surface area contributed by atoms with E-state index in [4.69, 9.17) is 4.74 Å². The largest absolute Gasteiger partial charge is 0.478 e. The second-order valence-electron chi connectivity index (χ2n) is 5.36. The van der Waals surface area contributed by atoms with Gasteiger partial charge in [-0.25, -0.2) is 8.96 Å². The van der Waals surface area contributed by atoms with Crippen molar-refractivity contribution >= 4 is 16.6 Å². The minimum Gasteiger partial charge on any atom is -0.478 e. The first kappa shape index (κ1) is 13.7. The molecule has 2 heterocycles. The Bertz CT molecular complexity index is 990. The van der Waals surface area contributed by atoms with Crippen LogP contribution in [0.1, 0.15) is 16.8 Å². The fourth-order valence-corrected chi connectivity index (χ4v) is 2.92. The molecule has 0 bridgehead atoms. The zero-order valence-electron chi connectivity index (χ0n) is 12.1. The molecule has 2 aromatic carbocycles. The Hall–Kier alpha value is -2.95. The second kappa shape index (κ2) is 5.05. The molecule has 0 saturated carbocycles. The number of pyridine rings is 1. The highest BCUT2D eigenvalue weighted by molar-refractivity contribution is 6.10. The number of ketones is 1. The van der Waals surface area contributed by atoms with Crippen LogP contribution < -0.4 is 10.3 Å². The van der Waals surface area contributed by atoms with Crippen LogP contribution in [0, 0.1) is 5.82 Å². The Balaban J connectivity index is 2.16. The van der Waals surface area contributed by atoms with Crippen LogP contribution in [0.25, 0.3) is 16.5 Å². The minimum atomic E-state index is -0.395. The van der Waals surface area contributed by atoms with Gasteiger partial charge in [-0.2, -0.15) is 0 Å². The summed E-state index contributed by atoms with van der Waals surface area (Å²) < 4.78 is 20.2. The number of fused-ring (bicyclic) bond motifs is 3. The summed E-state index contributed by atoms with van der Waals surface area (Å²) in [6.07, 6.45) is 0.276. The maximum Gasteiger partial charge on any atom is 0.265 e. The van der Waals surface area contributed by atoms with Crippen LogP contribution in [0.4, 0.5) is 4.39 Å². The normalized spacial score (nSPS) is 13.7. The van der Waals surface area contributed by atoms with Gasteiger partial charge in [-0.1, -0.05) is 18.2 Å². The van der Waals surface area contributed by atoms with Gasteiger partial charge in [-0.15, -0.1) is 0 Å². The molecule has 0 atom stereocenters. The Kier molecular flexibility index (Phi) is 3.01. The van der Waals surface area contributed by atoms with Crippen LogP contribution in [-0.2, 0) is 0 Å². The standard InChI is InChI=1S/C18H12FNO3/c19-11-5-7-12(8-6-11)20-17(22)14-4-2-1-3-13(14)16-15(21)9-10-23-18(16)20/h1-8H,9-10H2. The molecule has 0 radical (unpaired) electrons. The van der Waals surface area contributed by atoms with Gasteiger partial charge in [-0.3, -0.25) is 9.59 Å². The molecular formula is C18H12FNO3. The number of hydrogen-bond donors (Lipinski definition) is 0. The molecule has 0 amide bonds. The summed E-state index contributed by atoms with van der Waals surface area (Å²) in [6.45, 7) is 0.227. The number of hydrogen-bond acceptors (Lipinski definition) is 3. The number of aromatic nitrogens is 1. The predicted octanol–water partition coefficient (Wildman–Crippen LogP) is 3.10. The highest BCUT2D eigenvalue weighted by atomic mass is 19.1. The first-order chi connectivity index (χ1) is 11.2. The lowest BCUT2D eigenvalue weighted by Crippen LogP contribution is -2.27. The number of benzene rings is 2. The molecule has 0 fully saturated rings. The van der Waals surface area contributed by atoms with Gasteiger partial charge < -0.3 is 4.74 Å². The van der Waals surface area contributed by atoms with Crippen molar-refractivity contribution in [1.29, 1.82) is 0 Å². The summed E-state index contributed by atoms with van der Waals surface area (Å²) in [7, 11) is 0. The predicted molar refractivity (Wildman–Crippen MR) is 83.9 cm³/mol. The summed E-state index contributed by atoms with van der Waals surface area (Å²) in [5, 5.41) is 1.03. The number of ether oxygens (including phenoxy) is 1. The van der Waals surface area contributed by atoms with E-state index in [0.29, 0.717) is 22.0 Å². The molecule has 4 nitrogen and oxygen atoms in total. The van der Waals surface area contributed by atoms with E-state index >= 15 is 0 Å². The molecule has 3 aromatic rings. The number of rotatable bonds is 1. The number of nitrogens with zero attached hydrogens (tertiary/aromatic N) is 1. The van der Waals surface area contributed by atoms with Gasteiger partial charge in [0.25, 0.3) is 5.56 Å². The van der Waals surface area contributed by atoms with Crippen molar-refractivity contribution in [3.8, 4) is 11.6 Å². The van der Waals surface area contributed by atoms with E-state index in [0.717, 1.165) is 0 Å². The van der Waals surface area contributed by atoms with Gasteiger partial charge in [0.15, 0.2) is 5.78 Å². The molecule has 1 aliphatic heterocycles. The molecule has 0 spiro atoms. The molecule has 0 N–H and O–H groups in total. The summed E-state index contributed by atoms with van der Waals surface area (Å²) >= 11 is 0. The smallest absolute Gasteiger partial charge is 0.265 e. The Morgan fingerprint density at radius 1 is 0.957 bits per heavy atom. The molecule has 114 valence electrons. The maximum atomic E-state index is 13.2. The van der Waals surface area contributed by atoms with Crippen molar-refractivity contribution in [3.63, 3.8) is 0 Å². The molecule has 0 unspecified atom stereocenters. The van der Waals surface area contributed by atoms with E-state index in [2.05, 4.69) is 0 Å².